The van der Waals surface area contributed by atoms with Crippen molar-refractivity contribution < 1.29 is 13.9 Å². The van der Waals surface area contributed by atoms with E-state index in [1.807, 2.05) is 0 Å². The smallest absolute Gasteiger partial charge is 0.136 e. The number of hydrogen-bond acceptors (Lipinski definition) is 4. The van der Waals surface area contributed by atoms with Crippen LogP contribution in [0.5, 0.6) is 23.0 Å². The van der Waals surface area contributed by atoms with Crippen LogP contribution in [-0.2, 0) is 10.8 Å². The summed E-state index contributed by atoms with van der Waals surface area (Å²) >= 11 is 0. The van der Waals surface area contributed by atoms with Gasteiger partial charge in [-0.2, -0.15) is 0 Å². The average Bonchev–Trinajstić information content (AvgIpc) is 2.55. The predicted molar refractivity (Wildman–Crippen MR) is 340 cm³/mol. The van der Waals surface area contributed by atoms with Crippen molar-refractivity contribution in [2.75, 3.05) is 4.90 Å². The summed E-state index contributed by atoms with van der Waals surface area (Å²) < 4.78 is 20.8. The summed E-state index contributed by atoms with van der Waals surface area (Å²) in [6.07, 6.45) is 12.6. The van der Waals surface area contributed by atoms with Crippen molar-refractivity contribution in [1.29, 1.82) is 0 Å². The Morgan fingerprint density at radius 2 is 0.750 bits per heavy atom. The Morgan fingerprint density at radius 1 is 0.310 bits per heavy atom. The minimum Gasteiger partial charge on any atom is -0.457 e. The van der Waals surface area contributed by atoms with Crippen molar-refractivity contribution in [2.24, 2.45) is 0 Å². The van der Waals surface area contributed by atoms with Crippen molar-refractivity contribution in [3.63, 3.8) is 0 Å². The number of hydrogen-bond donors (Lipinski definition) is 0. The van der Waals surface area contributed by atoms with Crippen molar-refractivity contribution >= 4 is 39.0 Å². The second-order valence-corrected chi connectivity index (χ2v) is 24.6. The second kappa shape index (κ2) is 18.6. The highest BCUT2D eigenvalue weighted by molar-refractivity contribution is 6.14. The summed E-state index contributed by atoms with van der Waals surface area (Å²) in [5.74, 6) is 4.70. The molecule has 4 nitrogen and oxygen atoms in total. The molecule has 0 saturated heterocycles. The molecule has 0 radical (unpaired) electrons. The van der Waals surface area contributed by atoms with Gasteiger partial charge >= 0.3 is 0 Å². The molecule has 4 aliphatic carbocycles. The van der Waals surface area contributed by atoms with Crippen LogP contribution in [0.1, 0.15) is 132 Å². The van der Waals surface area contributed by atoms with Crippen LogP contribution in [-0.4, -0.2) is 0 Å². The van der Waals surface area contributed by atoms with Gasteiger partial charge in [0.15, 0.2) is 0 Å². The van der Waals surface area contributed by atoms with Crippen LogP contribution in [0.3, 0.4) is 0 Å². The quantitative estimate of drug-likeness (QED) is 0.166. The van der Waals surface area contributed by atoms with Crippen LogP contribution < -0.4 is 14.4 Å². The molecule has 2 fully saturated rings. The largest absolute Gasteiger partial charge is 0.457 e. The maximum absolute atomic E-state index is 7.27. The molecule has 18 rings (SSSR count). The van der Waals surface area contributed by atoms with Gasteiger partial charge in [-0.15, -0.1) is 0 Å². The third-order valence-electron chi connectivity index (χ3n) is 20.4. The normalized spacial score (nSPS) is 16.6. The molecule has 12 aromatic rings. The number of ether oxygens (including phenoxy) is 2. The third kappa shape index (κ3) is 6.77. The van der Waals surface area contributed by atoms with Gasteiger partial charge in [-0.1, -0.05) is 208 Å². The predicted octanol–water partition coefficient (Wildman–Crippen LogP) is 21.8. The first-order valence-corrected chi connectivity index (χ1v) is 30.8. The summed E-state index contributed by atoms with van der Waals surface area (Å²) in [6.45, 7) is 0. The topological polar surface area (TPSA) is 34.8 Å². The van der Waals surface area contributed by atoms with E-state index in [0.717, 1.165) is 84.3 Å². The Bertz CT molecular complexity index is 4570. The van der Waals surface area contributed by atoms with Gasteiger partial charge in [-0.3, -0.25) is 0 Å². The third-order valence-corrected chi connectivity index (χ3v) is 20.4. The van der Waals surface area contributed by atoms with Crippen LogP contribution in [0.25, 0.3) is 55.3 Å². The molecular formula is C80H61NO3. The summed E-state index contributed by atoms with van der Waals surface area (Å²) in [6, 6.07) is 89.1. The van der Waals surface area contributed by atoms with Gasteiger partial charge in [0.1, 0.15) is 34.2 Å². The van der Waals surface area contributed by atoms with Crippen molar-refractivity contribution in [2.45, 2.75) is 86.9 Å². The Kier molecular flexibility index (Phi) is 10.6. The van der Waals surface area contributed by atoms with Gasteiger partial charge in [0.2, 0.25) is 0 Å². The second-order valence-electron chi connectivity index (χ2n) is 24.6. The first-order chi connectivity index (χ1) is 41.6. The number of nitrogens with zero attached hydrogens (tertiary/aromatic N) is 1. The molecule has 2 saturated carbocycles. The number of para-hydroxylation sites is 4. The van der Waals surface area contributed by atoms with E-state index in [-0.39, 0.29) is 0 Å². The zero-order valence-electron chi connectivity index (χ0n) is 46.9. The molecule has 6 aliphatic rings. The zero-order valence-corrected chi connectivity index (χ0v) is 46.9. The fourth-order valence-electron chi connectivity index (χ4n) is 16.8. The van der Waals surface area contributed by atoms with Crippen LogP contribution in [0.15, 0.2) is 241 Å². The Hall–Kier alpha value is -9.38. The van der Waals surface area contributed by atoms with E-state index in [9.17, 15) is 0 Å². The van der Waals surface area contributed by atoms with Crippen molar-refractivity contribution in [3.05, 3.63) is 292 Å². The molecule has 3 heterocycles. The number of fused-ring (bicyclic) bond motifs is 21. The van der Waals surface area contributed by atoms with E-state index in [0.29, 0.717) is 11.8 Å². The lowest BCUT2D eigenvalue weighted by Crippen LogP contribution is -2.33. The summed E-state index contributed by atoms with van der Waals surface area (Å²) in [5.41, 5.74) is 23.7. The monoisotopic (exact) mass is 1080 g/mol. The molecule has 0 atom stereocenters. The first kappa shape index (κ1) is 48.2. The molecule has 1 aromatic heterocycles. The molecular weight excluding hydrogens is 1020 g/mol. The Balaban J connectivity index is 0.931. The van der Waals surface area contributed by atoms with E-state index in [2.05, 4.69) is 241 Å². The zero-order chi connectivity index (χ0) is 55.1. The molecule has 4 heteroatoms. The molecule has 0 amide bonds. The molecule has 0 unspecified atom stereocenters. The molecule has 11 aromatic carbocycles. The maximum Gasteiger partial charge on any atom is 0.136 e. The number of anilines is 3. The molecule has 84 heavy (non-hydrogen) atoms. The highest BCUT2D eigenvalue weighted by atomic mass is 16.5. The molecule has 2 aliphatic heterocycles. The SMILES string of the molecule is c1ccc2c(c1)Oc1ccccc1C21c2ccccc2-c2ccc(N(c3ccc4c(c3)C3(c5cc(C6CCCCC6)ccc5Oc5ccc(C6CCCCC6)cc53)c3ccccc3-4)c3ccccc3-c3cccc4oc5ccccc5c34)cc21. The van der Waals surface area contributed by atoms with Gasteiger partial charge in [0, 0.05) is 50.0 Å². The van der Waals surface area contributed by atoms with Crippen LogP contribution in [0.2, 0.25) is 0 Å². The van der Waals surface area contributed by atoms with Gasteiger partial charge in [0.25, 0.3) is 0 Å². The Labute approximate surface area is 490 Å². The van der Waals surface area contributed by atoms with Gasteiger partial charge in [0.05, 0.1) is 16.5 Å². The fourth-order valence-corrected chi connectivity index (χ4v) is 16.8. The van der Waals surface area contributed by atoms with E-state index < -0.39 is 10.8 Å². The Morgan fingerprint density at radius 3 is 1.33 bits per heavy atom. The van der Waals surface area contributed by atoms with Gasteiger partial charge < -0.3 is 18.8 Å². The number of furan rings is 1. The maximum atomic E-state index is 7.27. The number of rotatable bonds is 6. The van der Waals surface area contributed by atoms with Crippen LogP contribution >= 0.6 is 0 Å². The van der Waals surface area contributed by atoms with Gasteiger partial charge in [-0.25, -0.2) is 0 Å². The lowest BCUT2D eigenvalue weighted by molar-refractivity contribution is 0.424. The average molecular weight is 1080 g/mol. The summed E-state index contributed by atoms with van der Waals surface area (Å²) in [7, 11) is 0. The van der Waals surface area contributed by atoms with Crippen molar-refractivity contribution in [3.8, 4) is 56.4 Å². The minimum atomic E-state index is -0.675. The highest BCUT2D eigenvalue weighted by Gasteiger charge is 2.54. The molecule has 0 N–H and O–H groups in total. The summed E-state index contributed by atoms with van der Waals surface area (Å²) in [5, 5.41) is 2.22. The summed E-state index contributed by atoms with van der Waals surface area (Å²) in [4.78, 5) is 2.57. The first-order valence-electron chi connectivity index (χ1n) is 30.8. The van der Waals surface area contributed by atoms with E-state index >= 15 is 0 Å². The van der Waals surface area contributed by atoms with E-state index in [1.165, 1.54) is 131 Å². The van der Waals surface area contributed by atoms with Gasteiger partial charge in [-0.05, 0) is 165 Å². The molecule has 2 spiro atoms. The standard InChI is InChI=1S/C80H61NO3/c1-3-20-50(21-4-1)52-38-44-75-69(46-52)80(70-47-53(39-45-76(70)84-75)51-22-5-2-6-23-51)64-30-12-8-25-57(64)59-43-41-55(49-68(59)80)81(71-33-15-9-26-60(71)61-28-19-37-77-78(61)62-27-10-16-34-72(62)82-77)54-40-42-58-56-24-7-11-29-63(56)79(67(58)48-54)65-31-13-17-35-73(65)83-74-36-18-14-32-66(74)79/h7-19,24-51H,1-6,20-23H2. The van der Waals surface area contributed by atoms with Crippen LogP contribution in [0.4, 0.5) is 17.1 Å². The van der Waals surface area contributed by atoms with E-state index in [4.69, 9.17) is 13.9 Å². The lowest BCUT2D eigenvalue weighted by atomic mass is 9.64. The lowest BCUT2D eigenvalue weighted by Gasteiger charge is -2.41. The minimum absolute atomic E-state index is 0.520. The van der Waals surface area contributed by atoms with Crippen LogP contribution in [0, 0.1) is 0 Å². The fraction of sp³-hybridized carbons (Fsp3) is 0.175. The van der Waals surface area contributed by atoms with Crippen molar-refractivity contribution in [1.82, 2.24) is 0 Å². The highest BCUT2D eigenvalue weighted by Crippen LogP contribution is 2.66. The van der Waals surface area contributed by atoms with E-state index in [1.54, 1.807) is 0 Å². The molecule has 404 valence electrons. The number of benzene rings is 11. The molecule has 0 bridgehead atoms.